The number of anilines is 1. The average molecular weight is 329 g/mol. The summed E-state index contributed by atoms with van der Waals surface area (Å²) in [5, 5.41) is 21.7. The molecule has 5 nitrogen and oxygen atoms in total. The molecule has 3 rings (SSSR count). The molecule has 0 unspecified atom stereocenters. The fourth-order valence-corrected chi connectivity index (χ4v) is 3.52. The van der Waals surface area contributed by atoms with Crippen molar-refractivity contribution in [3.63, 3.8) is 0 Å². The second-order valence-corrected chi connectivity index (χ2v) is 6.19. The molecule has 0 aliphatic heterocycles. The molecule has 0 spiro atoms. The van der Waals surface area contributed by atoms with E-state index in [0.29, 0.717) is 13.1 Å². The summed E-state index contributed by atoms with van der Waals surface area (Å²) in [6.07, 6.45) is 1.54. The second-order valence-electron chi connectivity index (χ2n) is 5.33. The summed E-state index contributed by atoms with van der Waals surface area (Å²) < 4.78 is 0. The van der Waals surface area contributed by atoms with Crippen molar-refractivity contribution in [3.8, 4) is 11.1 Å². The topological polar surface area (TPSA) is 69.5 Å². The van der Waals surface area contributed by atoms with Gasteiger partial charge in [-0.25, -0.2) is 9.97 Å². The maximum atomic E-state index is 9.30. The highest BCUT2D eigenvalue weighted by molar-refractivity contribution is 7.17. The van der Waals surface area contributed by atoms with Crippen LogP contribution in [0.5, 0.6) is 0 Å². The highest BCUT2D eigenvalue weighted by Crippen LogP contribution is 2.37. The molecule has 120 valence electrons. The van der Waals surface area contributed by atoms with Crippen LogP contribution < -0.4 is 4.90 Å². The van der Waals surface area contributed by atoms with E-state index in [1.165, 1.54) is 11.9 Å². The van der Waals surface area contributed by atoms with Gasteiger partial charge in [0.15, 0.2) is 0 Å². The van der Waals surface area contributed by atoms with Crippen molar-refractivity contribution in [3.05, 3.63) is 41.5 Å². The molecule has 23 heavy (non-hydrogen) atoms. The lowest BCUT2D eigenvalue weighted by Crippen LogP contribution is -2.30. The van der Waals surface area contributed by atoms with Gasteiger partial charge in [0.25, 0.3) is 0 Å². The van der Waals surface area contributed by atoms with E-state index in [0.717, 1.165) is 27.2 Å². The summed E-state index contributed by atoms with van der Waals surface area (Å²) >= 11 is 1.58. The Morgan fingerprint density at radius 3 is 2.39 bits per heavy atom. The largest absolute Gasteiger partial charge is 0.395 e. The van der Waals surface area contributed by atoms with Gasteiger partial charge in [0.1, 0.15) is 17.0 Å². The van der Waals surface area contributed by atoms with E-state index < -0.39 is 0 Å². The van der Waals surface area contributed by atoms with Crippen LogP contribution in [-0.2, 0) is 0 Å². The molecule has 2 heterocycles. The third-order valence-corrected chi connectivity index (χ3v) is 4.64. The number of thiophene rings is 1. The summed E-state index contributed by atoms with van der Waals surface area (Å²) in [4.78, 5) is 11.6. The quantitative estimate of drug-likeness (QED) is 0.727. The number of rotatable bonds is 6. The van der Waals surface area contributed by atoms with Crippen LogP contribution in [-0.4, -0.2) is 46.5 Å². The average Bonchev–Trinajstić information content (AvgIpc) is 2.99. The maximum Gasteiger partial charge on any atom is 0.141 e. The van der Waals surface area contributed by atoms with Gasteiger partial charge in [-0.05, 0) is 12.5 Å². The SMILES string of the molecule is Cc1ccc(-c2csc3ncnc(N(CCO)CCO)c23)cc1. The Morgan fingerprint density at radius 2 is 1.74 bits per heavy atom. The number of fused-ring (bicyclic) bond motifs is 1. The molecular formula is C17H19N3O2S. The molecule has 6 heteroatoms. The van der Waals surface area contributed by atoms with Gasteiger partial charge in [-0.15, -0.1) is 11.3 Å². The standard InChI is InChI=1S/C17H19N3O2S/c1-12-2-4-13(5-3-12)14-10-23-17-15(14)16(18-11-19-17)20(6-8-21)7-9-22/h2-5,10-11,21-22H,6-9H2,1H3. The fourth-order valence-electron chi connectivity index (χ4n) is 2.61. The molecule has 0 fully saturated rings. The Bertz CT molecular complexity index is 780. The molecule has 0 atom stereocenters. The number of nitrogens with zero attached hydrogens (tertiary/aromatic N) is 3. The third kappa shape index (κ3) is 3.19. The van der Waals surface area contributed by atoms with Gasteiger partial charge in [0, 0.05) is 24.0 Å². The molecule has 0 saturated carbocycles. The minimum Gasteiger partial charge on any atom is -0.395 e. The fraction of sp³-hybridized carbons (Fsp3) is 0.294. The number of aliphatic hydroxyl groups excluding tert-OH is 2. The van der Waals surface area contributed by atoms with Crippen LogP contribution >= 0.6 is 11.3 Å². The van der Waals surface area contributed by atoms with Crippen molar-refractivity contribution in [2.75, 3.05) is 31.2 Å². The van der Waals surface area contributed by atoms with Crippen LogP contribution in [0.25, 0.3) is 21.3 Å². The van der Waals surface area contributed by atoms with Crippen LogP contribution in [0.15, 0.2) is 36.0 Å². The monoisotopic (exact) mass is 329 g/mol. The highest BCUT2D eigenvalue weighted by Gasteiger charge is 2.17. The normalized spacial score (nSPS) is 11.1. The molecule has 0 aliphatic rings. The first-order chi connectivity index (χ1) is 11.2. The summed E-state index contributed by atoms with van der Waals surface area (Å²) in [5.41, 5.74) is 3.42. The lowest BCUT2D eigenvalue weighted by atomic mass is 10.0. The zero-order valence-corrected chi connectivity index (χ0v) is 13.8. The van der Waals surface area contributed by atoms with Gasteiger partial charge < -0.3 is 15.1 Å². The van der Waals surface area contributed by atoms with E-state index in [9.17, 15) is 10.2 Å². The molecule has 2 aromatic heterocycles. The lowest BCUT2D eigenvalue weighted by Gasteiger charge is -2.22. The lowest BCUT2D eigenvalue weighted by molar-refractivity contribution is 0.281. The van der Waals surface area contributed by atoms with Crippen molar-refractivity contribution in [2.45, 2.75) is 6.92 Å². The smallest absolute Gasteiger partial charge is 0.141 e. The predicted octanol–water partition coefficient (Wildman–Crippen LogP) is 2.46. The summed E-state index contributed by atoms with van der Waals surface area (Å²) in [5.74, 6) is 0.759. The summed E-state index contributed by atoms with van der Waals surface area (Å²) in [6, 6.07) is 8.36. The number of hydrogen-bond acceptors (Lipinski definition) is 6. The molecule has 2 N–H and O–H groups in total. The highest BCUT2D eigenvalue weighted by atomic mass is 32.1. The third-order valence-electron chi connectivity index (χ3n) is 3.75. The number of aryl methyl sites for hydroxylation is 1. The van der Waals surface area contributed by atoms with E-state index in [-0.39, 0.29) is 13.2 Å². The molecule has 0 radical (unpaired) electrons. The van der Waals surface area contributed by atoms with E-state index in [1.54, 1.807) is 11.3 Å². The summed E-state index contributed by atoms with van der Waals surface area (Å²) in [7, 11) is 0. The second kappa shape index (κ2) is 7.04. The van der Waals surface area contributed by atoms with Crippen LogP contribution in [0, 0.1) is 6.92 Å². The zero-order chi connectivity index (χ0) is 16.2. The Labute approximate surface area is 138 Å². The van der Waals surface area contributed by atoms with E-state index >= 15 is 0 Å². The van der Waals surface area contributed by atoms with Gasteiger partial charge in [-0.2, -0.15) is 0 Å². The van der Waals surface area contributed by atoms with Gasteiger partial charge in [0.2, 0.25) is 0 Å². The number of aliphatic hydroxyl groups is 2. The van der Waals surface area contributed by atoms with Crippen LogP contribution in [0.2, 0.25) is 0 Å². The number of benzene rings is 1. The molecule has 3 aromatic rings. The first-order valence-electron chi connectivity index (χ1n) is 7.50. The Morgan fingerprint density at radius 1 is 1.04 bits per heavy atom. The van der Waals surface area contributed by atoms with Crippen LogP contribution in [0.1, 0.15) is 5.56 Å². The first kappa shape index (κ1) is 15.9. The van der Waals surface area contributed by atoms with Gasteiger partial charge in [-0.3, -0.25) is 0 Å². The van der Waals surface area contributed by atoms with Gasteiger partial charge in [-0.1, -0.05) is 29.8 Å². The molecule has 0 bridgehead atoms. The molecule has 0 amide bonds. The minimum atomic E-state index is 0.00942. The van der Waals surface area contributed by atoms with E-state index in [4.69, 9.17) is 0 Å². The molecular weight excluding hydrogens is 310 g/mol. The van der Waals surface area contributed by atoms with Crippen LogP contribution in [0.3, 0.4) is 0 Å². The molecule has 0 saturated heterocycles. The summed E-state index contributed by atoms with van der Waals surface area (Å²) in [6.45, 7) is 2.94. The van der Waals surface area contributed by atoms with Gasteiger partial charge >= 0.3 is 0 Å². The van der Waals surface area contributed by atoms with E-state index in [1.807, 2.05) is 4.90 Å². The number of aromatic nitrogens is 2. The van der Waals surface area contributed by atoms with E-state index in [2.05, 4.69) is 46.5 Å². The first-order valence-corrected chi connectivity index (χ1v) is 8.38. The van der Waals surface area contributed by atoms with Crippen molar-refractivity contribution in [2.24, 2.45) is 0 Å². The van der Waals surface area contributed by atoms with Crippen molar-refractivity contribution >= 4 is 27.4 Å². The Hall–Kier alpha value is -2.02. The van der Waals surface area contributed by atoms with Crippen molar-refractivity contribution < 1.29 is 10.2 Å². The predicted molar refractivity (Wildman–Crippen MR) is 94.0 cm³/mol. The van der Waals surface area contributed by atoms with Crippen LogP contribution in [0.4, 0.5) is 5.82 Å². The van der Waals surface area contributed by atoms with Crippen molar-refractivity contribution in [1.29, 1.82) is 0 Å². The van der Waals surface area contributed by atoms with Gasteiger partial charge in [0.05, 0.1) is 18.6 Å². The Balaban J connectivity index is 2.15. The molecule has 0 aliphatic carbocycles. The van der Waals surface area contributed by atoms with Crippen molar-refractivity contribution in [1.82, 2.24) is 9.97 Å². The minimum absolute atomic E-state index is 0.00942. The molecule has 1 aromatic carbocycles. The number of hydrogen-bond donors (Lipinski definition) is 2. The Kier molecular flexibility index (Phi) is 4.85. The zero-order valence-electron chi connectivity index (χ0n) is 12.9. The maximum absolute atomic E-state index is 9.30.